The predicted octanol–water partition coefficient (Wildman–Crippen LogP) is 1.74. The molecule has 0 aliphatic carbocycles. The standard InChI is InChI=1S/C14H19N3O2S/c1-3-8-19-13(18)9-11-4-6-12(7-5-11)10(2)16-17-14(15)20/h4-7H,3,8-9H2,1-2H3,(H3,15,17,20)/b16-10+. The zero-order valence-corrected chi connectivity index (χ0v) is 12.5. The second-order valence-corrected chi connectivity index (χ2v) is 4.71. The quantitative estimate of drug-likeness (QED) is 0.361. The van der Waals surface area contributed by atoms with E-state index in [1.165, 1.54) is 0 Å². The lowest BCUT2D eigenvalue weighted by Gasteiger charge is -2.05. The lowest BCUT2D eigenvalue weighted by atomic mass is 10.1. The summed E-state index contributed by atoms with van der Waals surface area (Å²) in [5.41, 5.74) is 10.4. The number of thiocarbonyl (C=S) groups is 1. The predicted molar refractivity (Wildman–Crippen MR) is 83.5 cm³/mol. The van der Waals surface area contributed by atoms with Crippen LogP contribution in [0.15, 0.2) is 29.4 Å². The summed E-state index contributed by atoms with van der Waals surface area (Å²) in [6.45, 7) is 4.27. The number of esters is 1. The molecule has 0 radical (unpaired) electrons. The SMILES string of the molecule is CCCOC(=O)Cc1ccc(/C(C)=N/NC(N)=S)cc1. The third kappa shape index (κ3) is 5.79. The van der Waals surface area contributed by atoms with Crippen molar-refractivity contribution < 1.29 is 9.53 Å². The molecule has 1 rings (SSSR count). The molecule has 0 saturated heterocycles. The third-order valence-electron chi connectivity index (χ3n) is 2.52. The second kappa shape index (κ2) is 8.27. The third-order valence-corrected chi connectivity index (χ3v) is 2.61. The Labute approximate surface area is 124 Å². The minimum atomic E-state index is -0.208. The Balaban J connectivity index is 2.62. The molecule has 0 heterocycles. The lowest BCUT2D eigenvalue weighted by Crippen LogP contribution is -2.25. The van der Waals surface area contributed by atoms with Crippen molar-refractivity contribution in [3.8, 4) is 0 Å². The molecule has 3 N–H and O–H groups in total. The van der Waals surface area contributed by atoms with Crippen LogP contribution in [0, 0.1) is 0 Å². The van der Waals surface area contributed by atoms with E-state index in [0.717, 1.165) is 23.3 Å². The Bertz CT molecular complexity index is 498. The molecule has 108 valence electrons. The van der Waals surface area contributed by atoms with Crippen molar-refractivity contribution in [2.75, 3.05) is 6.61 Å². The van der Waals surface area contributed by atoms with Crippen LogP contribution in [0.25, 0.3) is 0 Å². The molecule has 0 aliphatic rings. The van der Waals surface area contributed by atoms with Gasteiger partial charge >= 0.3 is 5.97 Å². The number of nitrogens with zero attached hydrogens (tertiary/aromatic N) is 1. The number of carbonyl (C=O) groups excluding carboxylic acids is 1. The van der Waals surface area contributed by atoms with Gasteiger partial charge in [0.25, 0.3) is 0 Å². The van der Waals surface area contributed by atoms with Crippen LogP contribution in [0.3, 0.4) is 0 Å². The Morgan fingerprint density at radius 1 is 1.40 bits per heavy atom. The molecule has 1 aromatic carbocycles. The molecule has 0 spiro atoms. The van der Waals surface area contributed by atoms with Crippen molar-refractivity contribution in [3.63, 3.8) is 0 Å². The van der Waals surface area contributed by atoms with Gasteiger partial charge in [0.2, 0.25) is 0 Å². The van der Waals surface area contributed by atoms with Crippen LogP contribution < -0.4 is 11.2 Å². The van der Waals surface area contributed by atoms with Gasteiger partial charge in [0, 0.05) is 0 Å². The zero-order chi connectivity index (χ0) is 15.0. The van der Waals surface area contributed by atoms with Crippen molar-refractivity contribution >= 4 is 29.0 Å². The van der Waals surface area contributed by atoms with Gasteiger partial charge in [-0.2, -0.15) is 5.10 Å². The highest BCUT2D eigenvalue weighted by Crippen LogP contribution is 2.07. The molecule has 0 unspecified atom stereocenters. The van der Waals surface area contributed by atoms with Gasteiger partial charge < -0.3 is 10.5 Å². The highest BCUT2D eigenvalue weighted by atomic mass is 32.1. The maximum absolute atomic E-state index is 11.5. The summed E-state index contributed by atoms with van der Waals surface area (Å²) in [7, 11) is 0. The maximum atomic E-state index is 11.5. The lowest BCUT2D eigenvalue weighted by molar-refractivity contribution is -0.142. The summed E-state index contributed by atoms with van der Waals surface area (Å²) in [5, 5.41) is 4.16. The van der Waals surface area contributed by atoms with E-state index in [1.807, 2.05) is 38.1 Å². The molecule has 0 saturated carbocycles. The monoisotopic (exact) mass is 293 g/mol. The Morgan fingerprint density at radius 3 is 2.60 bits per heavy atom. The van der Waals surface area contributed by atoms with Gasteiger partial charge in [0.05, 0.1) is 18.7 Å². The van der Waals surface area contributed by atoms with Gasteiger partial charge in [-0.3, -0.25) is 10.2 Å². The first-order valence-electron chi connectivity index (χ1n) is 6.37. The van der Waals surface area contributed by atoms with Crippen LogP contribution in [0.2, 0.25) is 0 Å². The van der Waals surface area contributed by atoms with Crippen molar-refractivity contribution in [1.29, 1.82) is 0 Å². The molecule has 1 aromatic rings. The van der Waals surface area contributed by atoms with Crippen LogP contribution in [-0.2, 0) is 16.0 Å². The second-order valence-electron chi connectivity index (χ2n) is 4.27. The van der Waals surface area contributed by atoms with Crippen molar-refractivity contribution in [1.82, 2.24) is 5.43 Å². The molecule has 0 amide bonds. The van der Waals surface area contributed by atoms with Crippen LogP contribution in [0.4, 0.5) is 0 Å². The van der Waals surface area contributed by atoms with E-state index < -0.39 is 0 Å². The van der Waals surface area contributed by atoms with Gasteiger partial charge in [0.1, 0.15) is 0 Å². The number of hydrogen-bond acceptors (Lipinski definition) is 4. The summed E-state index contributed by atoms with van der Waals surface area (Å²) >= 11 is 4.68. The van der Waals surface area contributed by atoms with Crippen LogP contribution in [0.1, 0.15) is 31.4 Å². The van der Waals surface area contributed by atoms with E-state index in [4.69, 9.17) is 10.5 Å². The minimum absolute atomic E-state index is 0.125. The van der Waals surface area contributed by atoms with Gasteiger partial charge in [-0.15, -0.1) is 0 Å². The molecule has 6 heteroatoms. The Kier molecular flexibility index (Phi) is 6.66. The summed E-state index contributed by atoms with van der Waals surface area (Å²) in [5.74, 6) is -0.208. The van der Waals surface area contributed by atoms with Crippen molar-refractivity contribution in [3.05, 3.63) is 35.4 Å². The van der Waals surface area contributed by atoms with Crippen molar-refractivity contribution in [2.45, 2.75) is 26.7 Å². The van der Waals surface area contributed by atoms with E-state index in [2.05, 4.69) is 22.7 Å². The molecular formula is C14H19N3O2S. The fourth-order valence-corrected chi connectivity index (χ4v) is 1.55. The van der Waals surface area contributed by atoms with Crippen LogP contribution in [-0.4, -0.2) is 23.4 Å². The van der Waals surface area contributed by atoms with Gasteiger partial charge in [-0.1, -0.05) is 31.2 Å². The van der Waals surface area contributed by atoms with Gasteiger partial charge in [0.15, 0.2) is 5.11 Å². The first-order valence-corrected chi connectivity index (χ1v) is 6.78. The molecule has 20 heavy (non-hydrogen) atoms. The molecular weight excluding hydrogens is 274 g/mol. The van der Waals surface area contributed by atoms with E-state index in [9.17, 15) is 4.79 Å². The van der Waals surface area contributed by atoms with E-state index in [1.54, 1.807) is 0 Å². The van der Waals surface area contributed by atoms with E-state index in [-0.39, 0.29) is 17.5 Å². The average Bonchev–Trinajstić information content (AvgIpc) is 2.43. The van der Waals surface area contributed by atoms with E-state index >= 15 is 0 Å². The van der Waals surface area contributed by atoms with E-state index in [0.29, 0.717) is 6.61 Å². The highest BCUT2D eigenvalue weighted by Gasteiger charge is 2.05. The van der Waals surface area contributed by atoms with Gasteiger partial charge in [-0.05, 0) is 36.7 Å². The first-order chi connectivity index (χ1) is 9.52. The highest BCUT2D eigenvalue weighted by molar-refractivity contribution is 7.80. The number of carbonyl (C=O) groups is 1. The summed E-state index contributed by atoms with van der Waals surface area (Å²) in [6, 6.07) is 7.54. The average molecular weight is 293 g/mol. The maximum Gasteiger partial charge on any atom is 0.310 e. The fraction of sp³-hybridized carbons (Fsp3) is 0.357. The number of benzene rings is 1. The number of rotatable bonds is 6. The fourth-order valence-electron chi connectivity index (χ4n) is 1.50. The van der Waals surface area contributed by atoms with Crippen molar-refractivity contribution in [2.24, 2.45) is 10.8 Å². The summed E-state index contributed by atoms with van der Waals surface area (Å²) in [4.78, 5) is 11.5. The normalized spacial score (nSPS) is 11.0. The largest absolute Gasteiger partial charge is 0.465 e. The molecule has 5 nitrogen and oxygen atoms in total. The molecule has 0 fully saturated rings. The number of hydrazone groups is 1. The summed E-state index contributed by atoms with van der Waals surface area (Å²) < 4.78 is 5.04. The Hall–Kier alpha value is -1.95. The number of nitrogens with one attached hydrogen (secondary N) is 1. The zero-order valence-electron chi connectivity index (χ0n) is 11.7. The molecule has 0 aliphatic heterocycles. The van der Waals surface area contributed by atoms with Crippen LogP contribution >= 0.6 is 12.2 Å². The molecule has 0 aromatic heterocycles. The number of hydrogen-bond donors (Lipinski definition) is 2. The van der Waals surface area contributed by atoms with Crippen LogP contribution in [0.5, 0.6) is 0 Å². The molecule has 0 bridgehead atoms. The topological polar surface area (TPSA) is 76.7 Å². The number of ether oxygens (including phenoxy) is 1. The summed E-state index contributed by atoms with van der Waals surface area (Å²) in [6.07, 6.45) is 1.11. The number of nitrogens with two attached hydrogens (primary N) is 1. The molecule has 0 atom stereocenters. The van der Waals surface area contributed by atoms with Gasteiger partial charge in [-0.25, -0.2) is 0 Å². The minimum Gasteiger partial charge on any atom is -0.465 e. The Morgan fingerprint density at radius 2 is 2.05 bits per heavy atom. The first kappa shape index (κ1) is 16.1. The smallest absolute Gasteiger partial charge is 0.310 e.